The first kappa shape index (κ1) is 14.7. The van der Waals surface area contributed by atoms with Crippen molar-refractivity contribution in [1.82, 2.24) is 5.32 Å². The fourth-order valence-electron chi connectivity index (χ4n) is 1.32. The van der Waals surface area contributed by atoms with Crippen molar-refractivity contribution in [3.8, 4) is 0 Å². The largest absolute Gasteiger partial charge is 0.394 e. The van der Waals surface area contributed by atoms with E-state index in [1.165, 1.54) is 0 Å². The van der Waals surface area contributed by atoms with Gasteiger partial charge < -0.3 is 20.6 Å². The molecule has 0 radical (unpaired) electrons. The summed E-state index contributed by atoms with van der Waals surface area (Å²) in [5, 5.41) is 31.3. The summed E-state index contributed by atoms with van der Waals surface area (Å²) in [6, 6.07) is 5.05. The summed E-state index contributed by atoms with van der Waals surface area (Å²) < 4.78 is 0. The Labute approximate surface area is 110 Å². The van der Waals surface area contributed by atoms with Crippen LogP contribution >= 0.6 is 23.2 Å². The lowest BCUT2D eigenvalue weighted by atomic mass is 10.0. The van der Waals surface area contributed by atoms with Crippen molar-refractivity contribution < 1.29 is 15.3 Å². The molecule has 6 heteroatoms. The second-order valence-corrected chi connectivity index (χ2v) is 4.76. The SMILES string of the molecule is OCC(CO)(CO)NCc1cc(Cl)cc(Cl)c1. The molecule has 0 bridgehead atoms. The highest BCUT2D eigenvalue weighted by Gasteiger charge is 2.26. The third kappa shape index (κ3) is 4.10. The molecule has 0 aliphatic carbocycles. The first-order valence-corrected chi connectivity index (χ1v) is 5.83. The Kier molecular flexibility index (Phi) is 5.66. The number of rotatable bonds is 6. The average molecular weight is 280 g/mol. The van der Waals surface area contributed by atoms with E-state index in [4.69, 9.17) is 38.5 Å². The quantitative estimate of drug-likeness (QED) is 0.622. The number of aliphatic hydroxyl groups is 3. The first-order chi connectivity index (χ1) is 8.05. The van der Waals surface area contributed by atoms with Crippen molar-refractivity contribution in [1.29, 1.82) is 0 Å². The minimum Gasteiger partial charge on any atom is -0.394 e. The van der Waals surface area contributed by atoms with Crippen LogP contribution in [0.3, 0.4) is 0 Å². The first-order valence-electron chi connectivity index (χ1n) is 5.08. The van der Waals surface area contributed by atoms with Gasteiger partial charge in [-0.05, 0) is 23.8 Å². The zero-order valence-electron chi connectivity index (χ0n) is 9.16. The van der Waals surface area contributed by atoms with Crippen LogP contribution in [0.1, 0.15) is 5.56 Å². The predicted molar refractivity (Wildman–Crippen MR) is 67.3 cm³/mol. The maximum Gasteiger partial charge on any atom is 0.0884 e. The molecule has 0 aliphatic rings. The Morgan fingerprint density at radius 2 is 1.41 bits per heavy atom. The molecule has 0 fully saturated rings. The smallest absolute Gasteiger partial charge is 0.0884 e. The van der Waals surface area contributed by atoms with E-state index in [0.717, 1.165) is 5.56 Å². The molecule has 1 rings (SSSR count). The molecule has 96 valence electrons. The van der Waals surface area contributed by atoms with Crippen molar-refractivity contribution >= 4 is 23.2 Å². The van der Waals surface area contributed by atoms with Gasteiger partial charge in [0.25, 0.3) is 0 Å². The standard InChI is InChI=1S/C11H15Cl2NO3/c12-9-1-8(2-10(13)3-9)4-14-11(5-15,6-16)7-17/h1-3,14-17H,4-7H2. The normalized spacial score (nSPS) is 11.8. The molecule has 17 heavy (non-hydrogen) atoms. The topological polar surface area (TPSA) is 72.7 Å². The van der Waals surface area contributed by atoms with Gasteiger partial charge in [-0.2, -0.15) is 0 Å². The molecule has 0 aliphatic heterocycles. The molecular formula is C11H15Cl2NO3. The molecule has 0 aromatic heterocycles. The van der Waals surface area contributed by atoms with Gasteiger partial charge in [-0.1, -0.05) is 23.2 Å². The van der Waals surface area contributed by atoms with E-state index in [1.807, 2.05) is 0 Å². The van der Waals surface area contributed by atoms with Crippen LogP contribution in [0.4, 0.5) is 0 Å². The van der Waals surface area contributed by atoms with Crippen molar-refractivity contribution in [2.24, 2.45) is 0 Å². The lowest BCUT2D eigenvalue weighted by molar-refractivity contribution is 0.0414. The molecule has 0 saturated carbocycles. The van der Waals surface area contributed by atoms with Gasteiger partial charge >= 0.3 is 0 Å². The molecule has 4 N–H and O–H groups in total. The average Bonchev–Trinajstić information content (AvgIpc) is 2.30. The molecule has 0 atom stereocenters. The van der Waals surface area contributed by atoms with Gasteiger partial charge in [0.15, 0.2) is 0 Å². The van der Waals surface area contributed by atoms with Gasteiger partial charge in [-0.3, -0.25) is 0 Å². The number of hydrogen-bond acceptors (Lipinski definition) is 4. The number of benzene rings is 1. The van der Waals surface area contributed by atoms with Gasteiger partial charge in [0, 0.05) is 16.6 Å². The molecule has 0 amide bonds. The molecule has 1 aromatic rings. The Hall–Kier alpha value is -0.360. The van der Waals surface area contributed by atoms with Gasteiger partial charge in [-0.25, -0.2) is 0 Å². The number of nitrogens with one attached hydrogen (secondary N) is 1. The Balaban J connectivity index is 2.71. The van der Waals surface area contributed by atoms with Crippen LogP contribution < -0.4 is 5.32 Å². The van der Waals surface area contributed by atoms with Crippen molar-refractivity contribution in [2.75, 3.05) is 19.8 Å². The number of halogens is 2. The zero-order chi connectivity index (χ0) is 12.9. The molecule has 0 unspecified atom stereocenters. The maximum absolute atomic E-state index is 9.13. The summed E-state index contributed by atoms with van der Waals surface area (Å²) in [4.78, 5) is 0. The minimum atomic E-state index is -1.10. The van der Waals surface area contributed by atoms with Crippen molar-refractivity contribution in [3.63, 3.8) is 0 Å². The molecule has 0 heterocycles. The minimum absolute atomic E-state index is 0.335. The van der Waals surface area contributed by atoms with Crippen molar-refractivity contribution in [2.45, 2.75) is 12.1 Å². The van der Waals surface area contributed by atoms with Crippen LogP contribution in [-0.4, -0.2) is 40.7 Å². The van der Waals surface area contributed by atoms with Gasteiger partial charge in [0.2, 0.25) is 0 Å². The van der Waals surface area contributed by atoms with E-state index in [9.17, 15) is 0 Å². The Bertz CT molecular complexity index is 341. The summed E-state index contributed by atoms with van der Waals surface area (Å²) in [5.41, 5.74) is -0.295. The summed E-state index contributed by atoms with van der Waals surface area (Å²) in [6.07, 6.45) is 0. The van der Waals surface area contributed by atoms with Crippen LogP contribution in [0.5, 0.6) is 0 Å². The predicted octanol–water partition coefficient (Wildman–Crippen LogP) is 0.799. The van der Waals surface area contributed by atoms with Crippen LogP contribution in [0.25, 0.3) is 0 Å². The zero-order valence-corrected chi connectivity index (χ0v) is 10.7. The fourth-order valence-corrected chi connectivity index (χ4v) is 1.89. The van der Waals surface area contributed by atoms with Crippen LogP contribution in [0.2, 0.25) is 10.0 Å². The molecule has 0 saturated heterocycles. The van der Waals surface area contributed by atoms with Crippen LogP contribution in [0, 0.1) is 0 Å². The van der Waals surface area contributed by atoms with E-state index in [-0.39, 0.29) is 19.8 Å². The number of hydrogen-bond donors (Lipinski definition) is 4. The highest BCUT2D eigenvalue weighted by molar-refractivity contribution is 6.34. The van der Waals surface area contributed by atoms with E-state index in [0.29, 0.717) is 16.6 Å². The van der Waals surface area contributed by atoms with Gasteiger partial charge in [0.1, 0.15) is 0 Å². The summed E-state index contributed by atoms with van der Waals surface area (Å²) in [7, 11) is 0. The second-order valence-electron chi connectivity index (χ2n) is 3.89. The van der Waals surface area contributed by atoms with Crippen LogP contribution in [0.15, 0.2) is 18.2 Å². The maximum atomic E-state index is 9.13. The lowest BCUT2D eigenvalue weighted by Gasteiger charge is -2.28. The molecule has 1 aromatic carbocycles. The summed E-state index contributed by atoms with van der Waals surface area (Å²) in [5.74, 6) is 0. The van der Waals surface area contributed by atoms with E-state index in [2.05, 4.69) is 5.32 Å². The third-order valence-corrected chi connectivity index (χ3v) is 2.93. The Morgan fingerprint density at radius 3 is 1.82 bits per heavy atom. The van der Waals surface area contributed by atoms with Gasteiger partial charge in [-0.15, -0.1) is 0 Å². The highest BCUT2D eigenvalue weighted by atomic mass is 35.5. The van der Waals surface area contributed by atoms with Crippen molar-refractivity contribution in [3.05, 3.63) is 33.8 Å². The Morgan fingerprint density at radius 1 is 0.941 bits per heavy atom. The second kappa shape index (κ2) is 6.54. The fraction of sp³-hybridized carbons (Fsp3) is 0.455. The third-order valence-electron chi connectivity index (χ3n) is 2.50. The highest BCUT2D eigenvalue weighted by Crippen LogP contribution is 2.19. The van der Waals surface area contributed by atoms with E-state index in [1.54, 1.807) is 18.2 Å². The summed E-state index contributed by atoms with van der Waals surface area (Å²) in [6.45, 7) is -0.765. The van der Waals surface area contributed by atoms with Gasteiger partial charge in [0.05, 0.1) is 25.4 Å². The molecular weight excluding hydrogens is 265 g/mol. The van der Waals surface area contributed by atoms with E-state index >= 15 is 0 Å². The molecule has 0 spiro atoms. The monoisotopic (exact) mass is 279 g/mol. The summed E-state index contributed by atoms with van der Waals surface area (Å²) >= 11 is 11.7. The number of aliphatic hydroxyl groups excluding tert-OH is 3. The van der Waals surface area contributed by atoms with Crippen LogP contribution in [-0.2, 0) is 6.54 Å². The molecule has 4 nitrogen and oxygen atoms in total. The lowest BCUT2D eigenvalue weighted by Crippen LogP contribution is -2.54. The van der Waals surface area contributed by atoms with E-state index < -0.39 is 5.54 Å².